The van der Waals surface area contributed by atoms with Gasteiger partial charge in [-0.1, -0.05) is 19.9 Å². The average molecular weight is 300 g/mol. The maximum Gasteiger partial charge on any atom is 0.326 e. The fourth-order valence-electron chi connectivity index (χ4n) is 1.77. The molecular weight excluding hydrogens is 282 g/mol. The molecule has 0 aliphatic heterocycles. The van der Waals surface area contributed by atoms with Gasteiger partial charge in [0.25, 0.3) is 0 Å². The van der Waals surface area contributed by atoms with Gasteiger partial charge in [-0.3, -0.25) is 0 Å². The van der Waals surface area contributed by atoms with Crippen molar-refractivity contribution >= 4 is 17.7 Å². The van der Waals surface area contributed by atoms with Crippen molar-refractivity contribution in [3.05, 3.63) is 29.3 Å². The molecule has 0 aliphatic rings. The van der Waals surface area contributed by atoms with Crippen molar-refractivity contribution in [2.45, 2.75) is 33.2 Å². The monoisotopic (exact) mass is 300 g/mol. The highest BCUT2D eigenvalue weighted by atomic mass is 19.1. The maximum absolute atomic E-state index is 13.7. The summed E-state index contributed by atoms with van der Waals surface area (Å²) in [5.41, 5.74) is -0.426. The number of urea groups is 1. The molecule has 1 aromatic rings. The molecule has 2 amide bonds. The molecule has 1 atom stereocenters. The van der Waals surface area contributed by atoms with Gasteiger partial charge in [-0.2, -0.15) is 0 Å². The molecule has 0 saturated carbocycles. The smallest absolute Gasteiger partial charge is 0.326 e. The number of carbonyl (C=O) groups excluding carboxylic acids is 1. The number of hydrogen-bond donors (Lipinski definition) is 3. The molecule has 0 bridgehead atoms. The van der Waals surface area contributed by atoms with Crippen LogP contribution in [0.25, 0.3) is 0 Å². The Labute approximate surface area is 121 Å². The number of aliphatic carboxylic acids is 1. The molecule has 116 valence electrons. The Bertz CT molecular complexity index is 547. The largest absolute Gasteiger partial charge is 0.480 e. The van der Waals surface area contributed by atoms with Crippen molar-refractivity contribution in [3.8, 4) is 0 Å². The summed E-state index contributed by atoms with van der Waals surface area (Å²) in [6.07, 6.45) is 0.210. The molecule has 0 heterocycles. The molecule has 0 aromatic heterocycles. The number of anilines is 1. The fraction of sp³-hybridized carbons (Fsp3) is 0.429. The van der Waals surface area contributed by atoms with Crippen LogP contribution in [0, 0.1) is 24.5 Å². The van der Waals surface area contributed by atoms with E-state index in [1.54, 1.807) is 13.8 Å². The highest BCUT2D eigenvalue weighted by Crippen LogP contribution is 2.21. The summed E-state index contributed by atoms with van der Waals surface area (Å²) in [7, 11) is 0. The van der Waals surface area contributed by atoms with Crippen LogP contribution in [0.1, 0.15) is 25.8 Å². The second-order valence-corrected chi connectivity index (χ2v) is 5.17. The summed E-state index contributed by atoms with van der Waals surface area (Å²) in [6.45, 7) is 5.03. The molecule has 21 heavy (non-hydrogen) atoms. The van der Waals surface area contributed by atoms with Crippen molar-refractivity contribution in [3.63, 3.8) is 0 Å². The van der Waals surface area contributed by atoms with E-state index in [0.717, 1.165) is 6.07 Å². The van der Waals surface area contributed by atoms with Gasteiger partial charge in [-0.05, 0) is 30.9 Å². The van der Waals surface area contributed by atoms with Crippen LogP contribution >= 0.6 is 0 Å². The lowest BCUT2D eigenvalue weighted by molar-refractivity contribution is -0.139. The van der Waals surface area contributed by atoms with Gasteiger partial charge in [-0.25, -0.2) is 18.4 Å². The summed E-state index contributed by atoms with van der Waals surface area (Å²) in [5.74, 6) is -2.98. The molecule has 0 saturated heterocycles. The van der Waals surface area contributed by atoms with Gasteiger partial charge in [0.1, 0.15) is 17.5 Å². The van der Waals surface area contributed by atoms with E-state index in [4.69, 9.17) is 5.11 Å². The first-order valence-electron chi connectivity index (χ1n) is 6.47. The Kier molecular flexibility index (Phi) is 5.63. The molecule has 5 nitrogen and oxygen atoms in total. The highest BCUT2D eigenvalue weighted by Gasteiger charge is 2.22. The van der Waals surface area contributed by atoms with Gasteiger partial charge in [-0.15, -0.1) is 0 Å². The van der Waals surface area contributed by atoms with Crippen LogP contribution in [0.5, 0.6) is 0 Å². The number of carboxylic acid groups (broad SMARTS) is 1. The molecule has 3 N–H and O–H groups in total. The number of halogens is 2. The first-order valence-corrected chi connectivity index (χ1v) is 6.47. The van der Waals surface area contributed by atoms with Crippen molar-refractivity contribution < 1.29 is 23.5 Å². The molecule has 1 rings (SSSR count). The lowest BCUT2D eigenvalue weighted by atomic mass is 10.0. The SMILES string of the molecule is Cc1ccc(F)c(NC(=O)N[C@@H](CC(C)C)C(=O)O)c1F. The summed E-state index contributed by atoms with van der Waals surface area (Å²) in [5, 5.41) is 13.2. The van der Waals surface area contributed by atoms with E-state index in [0.29, 0.717) is 0 Å². The molecule has 0 radical (unpaired) electrons. The van der Waals surface area contributed by atoms with E-state index in [2.05, 4.69) is 5.32 Å². The third-order valence-electron chi connectivity index (χ3n) is 2.83. The number of amides is 2. The Hall–Kier alpha value is -2.18. The van der Waals surface area contributed by atoms with E-state index in [9.17, 15) is 18.4 Å². The van der Waals surface area contributed by atoms with E-state index in [1.165, 1.54) is 13.0 Å². The van der Waals surface area contributed by atoms with Gasteiger partial charge in [0.2, 0.25) is 0 Å². The minimum Gasteiger partial charge on any atom is -0.480 e. The zero-order valence-corrected chi connectivity index (χ0v) is 12.0. The minimum atomic E-state index is -1.20. The Morgan fingerprint density at radius 2 is 1.90 bits per heavy atom. The van der Waals surface area contributed by atoms with E-state index in [-0.39, 0.29) is 17.9 Å². The molecule has 0 fully saturated rings. The number of nitrogens with one attached hydrogen (secondary N) is 2. The van der Waals surface area contributed by atoms with Crippen LogP contribution in [-0.4, -0.2) is 23.1 Å². The predicted octanol–water partition coefficient (Wildman–Crippen LogP) is 2.89. The number of aryl methyl sites for hydroxylation is 1. The molecule has 0 unspecified atom stereocenters. The Morgan fingerprint density at radius 1 is 1.29 bits per heavy atom. The molecule has 0 spiro atoms. The maximum atomic E-state index is 13.7. The quantitative estimate of drug-likeness (QED) is 0.782. The fourth-order valence-corrected chi connectivity index (χ4v) is 1.77. The first kappa shape index (κ1) is 16.9. The number of benzene rings is 1. The van der Waals surface area contributed by atoms with Crippen molar-refractivity contribution in [2.24, 2.45) is 5.92 Å². The van der Waals surface area contributed by atoms with Gasteiger partial charge < -0.3 is 15.7 Å². The van der Waals surface area contributed by atoms with Crippen LogP contribution in [0.3, 0.4) is 0 Å². The van der Waals surface area contributed by atoms with Crippen LogP contribution in [0.4, 0.5) is 19.3 Å². The van der Waals surface area contributed by atoms with Crippen LogP contribution in [0.15, 0.2) is 12.1 Å². The van der Waals surface area contributed by atoms with Gasteiger partial charge in [0.05, 0.1) is 0 Å². The van der Waals surface area contributed by atoms with E-state index in [1.807, 2.05) is 5.32 Å². The summed E-state index contributed by atoms with van der Waals surface area (Å²) in [4.78, 5) is 22.7. The van der Waals surface area contributed by atoms with Crippen LogP contribution < -0.4 is 10.6 Å². The number of rotatable bonds is 5. The average Bonchev–Trinajstić information content (AvgIpc) is 2.38. The van der Waals surface area contributed by atoms with E-state index >= 15 is 0 Å². The molecule has 1 aromatic carbocycles. The standard InChI is InChI=1S/C14H18F2N2O3/c1-7(2)6-10(13(19)20)17-14(21)18-12-9(15)5-4-8(3)11(12)16/h4-5,7,10H,6H2,1-3H3,(H,19,20)(H2,17,18,21)/t10-/m0/s1. The third-order valence-corrected chi connectivity index (χ3v) is 2.83. The summed E-state index contributed by atoms with van der Waals surface area (Å²) in [6, 6.07) is 0.177. The summed E-state index contributed by atoms with van der Waals surface area (Å²) < 4.78 is 27.2. The van der Waals surface area contributed by atoms with Crippen LogP contribution in [0.2, 0.25) is 0 Å². The number of hydrogen-bond acceptors (Lipinski definition) is 2. The van der Waals surface area contributed by atoms with Gasteiger partial charge >= 0.3 is 12.0 Å². The molecule has 7 heteroatoms. The number of carbonyl (C=O) groups is 2. The lowest BCUT2D eigenvalue weighted by Crippen LogP contribution is -2.44. The zero-order valence-electron chi connectivity index (χ0n) is 12.0. The van der Waals surface area contributed by atoms with Crippen molar-refractivity contribution in [1.82, 2.24) is 5.32 Å². The zero-order chi connectivity index (χ0) is 16.2. The Morgan fingerprint density at radius 3 is 2.43 bits per heavy atom. The minimum absolute atomic E-state index is 0.0406. The second-order valence-electron chi connectivity index (χ2n) is 5.17. The van der Waals surface area contributed by atoms with E-state index < -0.39 is 35.4 Å². The second kappa shape index (κ2) is 7.01. The normalized spacial score (nSPS) is 12.1. The van der Waals surface area contributed by atoms with Crippen molar-refractivity contribution in [2.75, 3.05) is 5.32 Å². The third kappa shape index (κ3) is 4.70. The van der Waals surface area contributed by atoms with Crippen LogP contribution in [-0.2, 0) is 4.79 Å². The lowest BCUT2D eigenvalue weighted by Gasteiger charge is -2.17. The Balaban J connectivity index is 2.82. The van der Waals surface area contributed by atoms with Crippen molar-refractivity contribution in [1.29, 1.82) is 0 Å². The molecular formula is C14H18F2N2O3. The predicted molar refractivity (Wildman–Crippen MR) is 74.1 cm³/mol. The van der Waals surface area contributed by atoms with Gasteiger partial charge in [0.15, 0.2) is 5.82 Å². The first-order chi connectivity index (χ1) is 9.72. The topological polar surface area (TPSA) is 78.4 Å². The number of carboxylic acids is 1. The van der Waals surface area contributed by atoms with Gasteiger partial charge in [0, 0.05) is 0 Å². The summed E-state index contributed by atoms with van der Waals surface area (Å²) >= 11 is 0. The molecule has 0 aliphatic carbocycles. The highest BCUT2D eigenvalue weighted by molar-refractivity contribution is 5.92.